The van der Waals surface area contributed by atoms with Gasteiger partial charge < -0.3 is 23.9 Å². The molecule has 0 spiro atoms. The molecule has 1 aliphatic heterocycles. The third-order valence-electron chi connectivity index (χ3n) is 5.73. The van der Waals surface area contributed by atoms with Gasteiger partial charge in [-0.05, 0) is 61.0 Å². The Bertz CT molecular complexity index is 1370. The smallest absolute Gasteiger partial charge is 0.255 e. The molecule has 1 aromatic heterocycles. The molecule has 4 aromatic rings. The van der Waals surface area contributed by atoms with Crippen molar-refractivity contribution in [2.75, 3.05) is 25.1 Å². The molecule has 35 heavy (non-hydrogen) atoms. The molecule has 1 amide bonds. The molecule has 1 N–H and O–H groups in total. The van der Waals surface area contributed by atoms with E-state index in [1.54, 1.807) is 54.6 Å². The SMILES string of the molecule is CCCCOc1ccc(C(=O)Nc2c(C(=O)c3ccc4c(c3)OCCO4)oc3ccccc23)cc1. The fraction of sp³-hybridized carbons (Fsp3) is 0.214. The summed E-state index contributed by atoms with van der Waals surface area (Å²) in [6.07, 6.45) is 2.02. The van der Waals surface area contributed by atoms with Gasteiger partial charge in [-0.1, -0.05) is 25.5 Å². The van der Waals surface area contributed by atoms with Gasteiger partial charge >= 0.3 is 0 Å². The van der Waals surface area contributed by atoms with Crippen molar-refractivity contribution in [1.82, 2.24) is 0 Å². The molecule has 0 fully saturated rings. The minimum absolute atomic E-state index is 0.0516. The van der Waals surface area contributed by atoms with E-state index in [1.165, 1.54) is 0 Å². The standard InChI is InChI=1S/C28H25NO6/c1-2-3-14-32-20-11-8-18(9-12-20)28(31)29-25-21-6-4-5-7-22(21)35-27(25)26(30)19-10-13-23-24(17-19)34-16-15-33-23/h4-13,17H,2-3,14-16H2,1H3,(H,29,31). The Balaban J connectivity index is 1.43. The van der Waals surface area contributed by atoms with Crippen molar-refractivity contribution in [3.05, 3.63) is 83.6 Å². The predicted octanol–water partition coefficient (Wildman–Crippen LogP) is 5.87. The number of hydrogen-bond donors (Lipinski definition) is 1. The summed E-state index contributed by atoms with van der Waals surface area (Å²) in [6.45, 7) is 3.61. The summed E-state index contributed by atoms with van der Waals surface area (Å²) in [4.78, 5) is 26.5. The number of amides is 1. The van der Waals surface area contributed by atoms with Crippen molar-refractivity contribution in [2.24, 2.45) is 0 Å². The highest BCUT2D eigenvalue weighted by atomic mass is 16.6. The van der Waals surface area contributed by atoms with E-state index >= 15 is 0 Å². The van der Waals surface area contributed by atoms with Crippen LogP contribution in [0.5, 0.6) is 17.2 Å². The number of furan rings is 1. The Kier molecular flexibility index (Phi) is 6.39. The quantitative estimate of drug-likeness (QED) is 0.256. The van der Waals surface area contributed by atoms with Crippen molar-refractivity contribution in [1.29, 1.82) is 0 Å². The van der Waals surface area contributed by atoms with Crippen LogP contribution in [0.3, 0.4) is 0 Å². The second kappa shape index (κ2) is 9.93. The maximum Gasteiger partial charge on any atom is 0.255 e. The van der Waals surface area contributed by atoms with E-state index in [0.717, 1.165) is 12.8 Å². The first-order chi connectivity index (χ1) is 17.1. The van der Waals surface area contributed by atoms with Gasteiger partial charge in [0.05, 0.1) is 12.3 Å². The van der Waals surface area contributed by atoms with Crippen LogP contribution in [0.1, 0.15) is 46.2 Å². The Morgan fingerprint density at radius 1 is 0.914 bits per heavy atom. The van der Waals surface area contributed by atoms with Crippen LogP contribution < -0.4 is 19.5 Å². The van der Waals surface area contributed by atoms with E-state index in [1.807, 2.05) is 12.1 Å². The second-order valence-corrected chi connectivity index (χ2v) is 8.17. The monoisotopic (exact) mass is 471 g/mol. The van der Waals surface area contributed by atoms with Gasteiger partial charge in [-0.15, -0.1) is 0 Å². The lowest BCUT2D eigenvalue weighted by molar-refractivity contribution is 0.101. The van der Waals surface area contributed by atoms with Gasteiger partial charge in [-0.2, -0.15) is 0 Å². The number of carbonyl (C=O) groups excluding carboxylic acids is 2. The molecule has 0 atom stereocenters. The fourth-order valence-electron chi connectivity index (χ4n) is 3.87. The first kappa shape index (κ1) is 22.5. The molecule has 0 bridgehead atoms. The lowest BCUT2D eigenvalue weighted by Gasteiger charge is -2.18. The van der Waals surface area contributed by atoms with Crippen LogP contribution >= 0.6 is 0 Å². The summed E-state index contributed by atoms with van der Waals surface area (Å²) in [5.41, 5.74) is 1.64. The molecule has 0 saturated heterocycles. The first-order valence-corrected chi connectivity index (χ1v) is 11.6. The van der Waals surface area contributed by atoms with Gasteiger partial charge in [-0.25, -0.2) is 0 Å². The van der Waals surface area contributed by atoms with Crippen molar-refractivity contribution in [3.63, 3.8) is 0 Å². The zero-order valence-corrected chi connectivity index (χ0v) is 19.3. The average molecular weight is 472 g/mol. The molecule has 5 rings (SSSR count). The fourth-order valence-corrected chi connectivity index (χ4v) is 3.87. The highest BCUT2D eigenvalue weighted by Gasteiger charge is 2.25. The largest absolute Gasteiger partial charge is 0.494 e. The van der Waals surface area contributed by atoms with Crippen molar-refractivity contribution < 1.29 is 28.2 Å². The molecule has 7 heteroatoms. The lowest BCUT2D eigenvalue weighted by atomic mass is 10.1. The summed E-state index contributed by atoms with van der Waals surface area (Å²) >= 11 is 0. The second-order valence-electron chi connectivity index (χ2n) is 8.17. The van der Waals surface area contributed by atoms with Gasteiger partial charge in [-0.3, -0.25) is 9.59 Å². The van der Waals surface area contributed by atoms with Crippen LogP contribution in [0.2, 0.25) is 0 Å². The van der Waals surface area contributed by atoms with Crippen LogP contribution in [-0.2, 0) is 0 Å². The van der Waals surface area contributed by atoms with Crippen molar-refractivity contribution in [2.45, 2.75) is 19.8 Å². The summed E-state index contributed by atoms with van der Waals surface area (Å²) in [5, 5.41) is 3.52. The summed E-state index contributed by atoms with van der Waals surface area (Å²) in [5.74, 6) is 1.13. The van der Waals surface area contributed by atoms with E-state index < -0.39 is 0 Å². The van der Waals surface area contributed by atoms with E-state index in [4.69, 9.17) is 18.6 Å². The molecule has 3 aromatic carbocycles. The number of para-hydroxylation sites is 1. The molecule has 0 unspecified atom stereocenters. The van der Waals surface area contributed by atoms with Crippen molar-refractivity contribution in [3.8, 4) is 17.2 Å². The molecular weight excluding hydrogens is 446 g/mol. The van der Waals surface area contributed by atoms with Gasteiger partial charge in [0.2, 0.25) is 5.78 Å². The van der Waals surface area contributed by atoms with E-state index in [0.29, 0.717) is 64.9 Å². The predicted molar refractivity (Wildman–Crippen MR) is 132 cm³/mol. The molecule has 178 valence electrons. The third kappa shape index (κ3) is 4.71. The molecule has 7 nitrogen and oxygen atoms in total. The lowest BCUT2D eigenvalue weighted by Crippen LogP contribution is -2.16. The molecule has 0 saturated carbocycles. The van der Waals surface area contributed by atoms with E-state index in [-0.39, 0.29) is 17.5 Å². The van der Waals surface area contributed by atoms with Crippen LogP contribution in [-0.4, -0.2) is 31.5 Å². The number of rotatable bonds is 8. The Morgan fingerprint density at radius 2 is 1.66 bits per heavy atom. The topological polar surface area (TPSA) is 87.0 Å². The van der Waals surface area contributed by atoms with Crippen LogP contribution in [0, 0.1) is 0 Å². The third-order valence-corrected chi connectivity index (χ3v) is 5.73. The van der Waals surface area contributed by atoms with Gasteiger partial charge in [0.25, 0.3) is 5.91 Å². The van der Waals surface area contributed by atoms with Crippen LogP contribution in [0.4, 0.5) is 5.69 Å². The maximum absolute atomic E-state index is 13.5. The Morgan fingerprint density at radius 3 is 2.46 bits per heavy atom. The van der Waals surface area contributed by atoms with Crippen molar-refractivity contribution >= 4 is 28.3 Å². The molecular formula is C28H25NO6. The number of unbranched alkanes of at least 4 members (excludes halogenated alkanes) is 1. The molecule has 0 radical (unpaired) electrons. The zero-order chi connectivity index (χ0) is 24.2. The maximum atomic E-state index is 13.5. The summed E-state index contributed by atoms with van der Waals surface area (Å²) in [7, 11) is 0. The summed E-state index contributed by atoms with van der Waals surface area (Å²) in [6, 6.07) is 19.1. The Hall–Kier alpha value is -4.26. The van der Waals surface area contributed by atoms with Gasteiger partial charge in [0.15, 0.2) is 17.3 Å². The molecule has 1 aliphatic rings. The van der Waals surface area contributed by atoms with Gasteiger partial charge in [0, 0.05) is 16.5 Å². The number of nitrogens with one attached hydrogen (secondary N) is 1. The van der Waals surface area contributed by atoms with E-state index in [2.05, 4.69) is 12.2 Å². The van der Waals surface area contributed by atoms with Gasteiger partial charge in [0.1, 0.15) is 24.5 Å². The number of benzene rings is 3. The summed E-state index contributed by atoms with van der Waals surface area (Å²) < 4.78 is 22.7. The average Bonchev–Trinajstić information content (AvgIpc) is 3.26. The van der Waals surface area contributed by atoms with E-state index in [9.17, 15) is 9.59 Å². The number of fused-ring (bicyclic) bond motifs is 2. The zero-order valence-electron chi connectivity index (χ0n) is 19.3. The molecule has 0 aliphatic carbocycles. The highest BCUT2D eigenvalue weighted by molar-refractivity contribution is 6.19. The minimum Gasteiger partial charge on any atom is -0.494 e. The number of hydrogen-bond acceptors (Lipinski definition) is 6. The number of anilines is 1. The number of ketones is 1. The highest BCUT2D eigenvalue weighted by Crippen LogP contribution is 2.35. The van der Waals surface area contributed by atoms with Crippen LogP contribution in [0.15, 0.2) is 71.1 Å². The Labute approximate surface area is 202 Å². The van der Waals surface area contributed by atoms with Crippen LogP contribution in [0.25, 0.3) is 11.0 Å². The number of carbonyl (C=O) groups is 2. The molecule has 2 heterocycles. The number of ether oxygens (including phenoxy) is 3. The first-order valence-electron chi connectivity index (χ1n) is 11.6. The normalized spacial score (nSPS) is 12.4. The minimum atomic E-state index is -0.367.